The molecule has 1 aromatic rings. The van der Waals surface area contributed by atoms with E-state index in [1.165, 1.54) is 0 Å². The quantitative estimate of drug-likeness (QED) is 0.753. The van der Waals surface area contributed by atoms with E-state index in [9.17, 15) is 0 Å². The van der Waals surface area contributed by atoms with Gasteiger partial charge in [-0.1, -0.05) is 18.2 Å². The Hall–Kier alpha value is -1.48. The van der Waals surface area contributed by atoms with Gasteiger partial charge in [-0.25, -0.2) is 0 Å². The van der Waals surface area contributed by atoms with Crippen LogP contribution in [0.2, 0.25) is 0 Å². The maximum atomic E-state index is 8.96. The minimum absolute atomic E-state index is 0.00546. The van der Waals surface area contributed by atoms with Crippen LogP contribution in [0.3, 0.4) is 0 Å². The fraction of sp³-hybridized carbons (Fsp3) is 0.333. The number of aliphatic hydroxyl groups excluding tert-OH is 1. The van der Waals surface area contributed by atoms with Gasteiger partial charge < -0.3 is 14.6 Å². The SMILES string of the molecule is C/C=C/COc1ccc(CO)cc1OC. The van der Waals surface area contributed by atoms with E-state index in [-0.39, 0.29) is 6.61 Å². The number of allylic oxidation sites excluding steroid dienone is 1. The van der Waals surface area contributed by atoms with Gasteiger partial charge in [0.1, 0.15) is 6.61 Å². The highest BCUT2D eigenvalue weighted by atomic mass is 16.5. The van der Waals surface area contributed by atoms with E-state index in [0.717, 1.165) is 5.56 Å². The van der Waals surface area contributed by atoms with Crippen LogP contribution in [-0.2, 0) is 6.61 Å². The summed E-state index contributed by atoms with van der Waals surface area (Å²) >= 11 is 0. The van der Waals surface area contributed by atoms with Crippen LogP contribution in [0, 0.1) is 0 Å². The molecule has 0 heterocycles. The second-order valence-corrected chi connectivity index (χ2v) is 3.02. The Kier molecular flexibility index (Phi) is 4.71. The molecule has 1 aromatic carbocycles. The van der Waals surface area contributed by atoms with E-state index in [1.807, 2.05) is 25.1 Å². The van der Waals surface area contributed by atoms with Crippen LogP contribution < -0.4 is 9.47 Å². The first-order valence-corrected chi connectivity index (χ1v) is 4.83. The zero-order valence-electron chi connectivity index (χ0n) is 9.06. The molecule has 0 saturated carbocycles. The average Bonchev–Trinajstić information content (AvgIpc) is 2.29. The summed E-state index contributed by atoms with van der Waals surface area (Å²) in [5.41, 5.74) is 0.810. The molecule has 0 aliphatic heterocycles. The fourth-order valence-corrected chi connectivity index (χ4v) is 1.16. The maximum Gasteiger partial charge on any atom is 0.161 e. The smallest absolute Gasteiger partial charge is 0.161 e. The molecule has 0 spiro atoms. The lowest BCUT2D eigenvalue weighted by atomic mass is 10.2. The van der Waals surface area contributed by atoms with Crippen LogP contribution in [0.25, 0.3) is 0 Å². The second-order valence-electron chi connectivity index (χ2n) is 3.02. The first-order valence-electron chi connectivity index (χ1n) is 4.83. The summed E-state index contributed by atoms with van der Waals surface area (Å²) in [7, 11) is 1.58. The Morgan fingerprint density at radius 1 is 1.33 bits per heavy atom. The molecule has 3 nitrogen and oxygen atoms in total. The van der Waals surface area contributed by atoms with E-state index in [2.05, 4.69) is 0 Å². The Balaban J connectivity index is 2.78. The molecule has 0 radical (unpaired) electrons. The summed E-state index contributed by atoms with van der Waals surface area (Å²) in [6.45, 7) is 2.46. The van der Waals surface area contributed by atoms with Crippen molar-refractivity contribution in [2.45, 2.75) is 13.5 Å². The zero-order valence-corrected chi connectivity index (χ0v) is 9.06. The van der Waals surface area contributed by atoms with Gasteiger partial charge in [-0.15, -0.1) is 0 Å². The number of methoxy groups -OCH3 is 1. The fourth-order valence-electron chi connectivity index (χ4n) is 1.16. The molecule has 0 fully saturated rings. The van der Waals surface area contributed by atoms with Crippen molar-refractivity contribution in [2.75, 3.05) is 13.7 Å². The van der Waals surface area contributed by atoms with Crippen molar-refractivity contribution in [1.29, 1.82) is 0 Å². The van der Waals surface area contributed by atoms with Crippen molar-refractivity contribution in [3.05, 3.63) is 35.9 Å². The first kappa shape index (κ1) is 11.6. The summed E-state index contributed by atoms with van der Waals surface area (Å²) in [5.74, 6) is 1.33. The van der Waals surface area contributed by atoms with Gasteiger partial charge in [-0.05, 0) is 24.6 Å². The molecular formula is C12H16O3. The lowest BCUT2D eigenvalue weighted by molar-refractivity contribution is 0.279. The largest absolute Gasteiger partial charge is 0.493 e. The van der Waals surface area contributed by atoms with Crippen LogP contribution in [0.15, 0.2) is 30.4 Å². The third-order valence-corrected chi connectivity index (χ3v) is 1.98. The molecule has 0 aromatic heterocycles. The van der Waals surface area contributed by atoms with Crippen LogP contribution in [0.1, 0.15) is 12.5 Å². The molecule has 0 saturated heterocycles. The summed E-state index contributed by atoms with van der Waals surface area (Å²) in [4.78, 5) is 0. The minimum atomic E-state index is 0.00546. The molecule has 0 amide bonds. The monoisotopic (exact) mass is 208 g/mol. The lowest BCUT2D eigenvalue weighted by Crippen LogP contribution is -1.97. The number of hydrogen-bond donors (Lipinski definition) is 1. The van der Waals surface area contributed by atoms with Crippen LogP contribution in [0.4, 0.5) is 0 Å². The highest BCUT2D eigenvalue weighted by Crippen LogP contribution is 2.27. The third-order valence-electron chi connectivity index (χ3n) is 1.98. The van der Waals surface area contributed by atoms with Crippen molar-refractivity contribution in [2.24, 2.45) is 0 Å². The maximum absolute atomic E-state index is 8.96. The summed E-state index contributed by atoms with van der Waals surface area (Å²) in [5, 5.41) is 8.96. The van der Waals surface area contributed by atoms with Gasteiger partial charge in [0.25, 0.3) is 0 Å². The van der Waals surface area contributed by atoms with Crippen molar-refractivity contribution in [3.8, 4) is 11.5 Å². The molecule has 3 heteroatoms. The predicted octanol–water partition coefficient (Wildman–Crippen LogP) is 2.14. The van der Waals surface area contributed by atoms with Gasteiger partial charge in [0.05, 0.1) is 13.7 Å². The molecule has 1 N–H and O–H groups in total. The minimum Gasteiger partial charge on any atom is -0.493 e. The highest BCUT2D eigenvalue weighted by molar-refractivity contribution is 5.42. The Morgan fingerprint density at radius 3 is 2.73 bits per heavy atom. The van der Waals surface area contributed by atoms with Crippen molar-refractivity contribution >= 4 is 0 Å². The molecule has 0 aliphatic rings. The molecule has 0 bridgehead atoms. The van der Waals surface area contributed by atoms with Gasteiger partial charge >= 0.3 is 0 Å². The standard InChI is InChI=1S/C12H16O3/c1-3-4-7-15-11-6-5-10(9-13)8-12(11)14-2/h3-6,8,13H,7,9H2,1-2H3/b4-3+. The molecule has 82 valence electrons. The topological polar surface area (TPSA) is 38.7 Å². The molecule has 0 atom stereocenters. The number of benzene rings is 1. The summed E-state index contributed by atoms with van der Waals surface area (Å²) < 4.78 is 10.6. The number of hydrogen-bond acceptors (Lipinski definition) is 3. The Morgan fingerprint density at radius 2 is 2.13 bits per heavy atom. The van der Waals surface area contributed by atoms with Gasteiger partial charge in [-0.2, -0.15) is 0 Å². The third kappa shape index (κ3) is 3.29. The van der Waals surface area contributed by atoms with Crippen molar-refractivity contribution in [3.63, 3.8) is 0 Å². The summed E-state index contributed by atoms with van der Waals surface area (Å²) in [6, 6.07) is 5.38. The van der Waals surface area contributed by atoms with Gasteiger partial charge in [0.15, 0.2) is 11.5 Å². The van der Waals surface area contributed by atoms with E-state index in [1.54, 1.807) is 19.2 Å². The van der Waals surface area contributed by atoms with Crippen molar-refractivity contribution in [1.82, 2.24) is 0 Å². The first-order chi connectivity index (χ1) is 7.31. The summed E-state index contributed by atoms with van der Waals surface area (Å²) in [6.07, 6.45) is 3.84. The van der Waals surface area contributed by atoms with Crippen molar-refractivity contribution < 1.29 is 14.6 Å². The second kappa shape index (κ2) is 6.09. The molecule has 0 unspecified atom stereocenters. The number of ether oxygens (including phenoxy) is 2. The van der Waals surface area contributed by atoms with E-state index < -0.39 is 0 Å². The molecule has 1 rings (SSSR count). The van der Waals surface area contributed by atoms with E-state index in [0.29, 0.717) is 18.1 Å². The van der Waals surface area contributed by atoms with Crippen LogP contribution in [0.5, 0.6) is 11.5 Å². The number of rotatable bonds is 5. The van der Waals surface area contributed by atoms with Crippen LogP contribution >= 0.6 is 0 Å². The average molecular weight is 208 g/mol. The Bertz CT molecular complexity index is 332. The predicted molar refractivity (Wildman–Crippen MR) is 59.2 cm³/mol. The van der Waals surface area contributed by atoms with E-state index >= 15 is 0 Å². The highest BCUT2D eigenvalue weighted by Gasteiger charge is 2.04. The molecular weight excluding hydrogens is 192 g/mol. The van der Waals surface area contributed by atoms with Gasteiger partial charge in [-0.3, -0.25) is 0 Å². The normalized spacial score (nSPS) is 10.6. The number of aliphatic hydroxyl groups is 1. The van der Waals surface area contributed by atoms with Gasteiger partial charge in [0, 0.05) is 0 Å². The van der Waals surface area contributed by atoms with Gasteiger partial charge in [0.2, 0.25) is 0 Å². The Labute approximate surface area is 90.0 Å². The van der Waals surface area contributed by atoms with E-state index in [4.69, 9.17) is 14.6 Å². The lowest BCUT2D eigenvalue weighted by Gasteiger charge is -2.10. The zero-order chi connectivity index (χ0) is 11.1. The molecule has 15 heavy (non-hydrogen) atoms. The molecule has 0 aliphatic carbocycles. The van der Waals surface area contributed by atoms with Crippen LogP contribution in [-0.4, -0.2) is 18.8 Å².